The van der Waals surface area contributed by atoms with E-state index in [0.29, 0.717) is 45.1 Å². The molecule has 4 rings (SSSR count). The molecular formula is C31H40N4O4. The maximum absolute atomic E-state index is 13.2. The lowest BCUT2D eigenvalue weighted by Gasteiger charge is -2.41. The molecular weight excluding hydrogens is 492 g/mol. The van der Waals surface area contributed by atoms with Crippen LogP contribution in [0.3, 0.4) is 0 Å². The summed E-state index contributed by atoms with van der Waals surface area (Å²) in [5.74, 6) is -1.49. The first-order chi connectivity index (χ1) is 18.8. The minimum Gasteiger partial charge on any atom is -0.346 e. The molecule has 8 nitrogen and oxygen atoms in total. The van der Waals surface area contributed by atoms with E-state index in [1.54, 1.807) is 14.7 Å². The van der Waals surface area contributed by atoms with Crippen LogP contribution < -0.4 is 5.32 Å². The van der Waals surface area contributed by atoms with E-state index in [1.165, 1.54) is 0 Å². The van der Waals surface area contributed by atoms with E-state index < -0.39 is 23.6 Å². The third-order valence-corrected chi connectivity index (χ3v) is 7.64. The molecule has 2 aliphatic rings. The molecule has 0 bridgehead atoms. The second-order valence-corrected chi connectivity index (χ2v) is 11.0. The average Bonchev–Trinajstić information content (AvgIpc) is 2.93. The predicted octanol–water partition coefficient (Wildman–Crippen LogP) is 3.01. The third-order valence-electron chi connectivity index (χ3n) is 7.64. The summed E-state index contributed by atoms with van der Waals surface area (Å²) in [5.41, 5.74) is 2.15. The Morgan fingerprint density at radius 2 is 1.44 bits per heavy atom. The second kappa shape index (κ2) is 13.4. The Kier molecular flexibility index (Phi) is 9.74. The molecule has 0 aliphatic carbocycles. The highest BCUT2D eigenvalue weighted by atomic mass is 16.2. The maximum Gasteiger partial charge on any atom is 0.312 e. The summed E-state index contributed by atoms with van der Waals surface area (Å²) >= 11 is 0. The van der Waals surface area contributed by atoms with Gasteiger partial charge in [0.15, 0.2) is 0 Å². The van der Waals surface area contributed by atoms with Gasteiger partial charge in [-0.15, -0.1) is 0 Å². The molecule has 2 saturated heterocycles. The van der Waals surface area contributed by atoms with Crippen LogP contribution >= 0.6 is 0 Å². The van der Waals surface area contributed by atoms with Crippen molar-refractivity contribution in [2.45, 2.75) is 64.6 Å². The van der Waals surface area contributed by atoms with Gasteiger partial charge in [-0.25, -0.2) is 0 Å². The fourth-order valence-electron chi connectivity index (χ4n) is 5.59. The van der Waals surface area contributed by atoms with Crippen LogP contribution in [0.4, 0.5) is 0 Å². The summed E-state index contributed by atoms with van der Waals surface area (Å²) in [6.07, 6.45) is 3.78. The largest absolute Gasteiger partial charge is 0.346 e. The number of nitrogens with one attached hydrogen (secondary N) is 1. The van der Waals surface area contributed by atoms with Crippen LogP contribution in [0.2, 0.25) is 0 Å². The van der Waals surface area contributed by atoms with Gasteiger partial charge in [-0.05, 0) is 49.1 Å². The number of hydrogen-bond acceptors (Lipinski definition) is 4. The molecule has 2 fully saturated rings. The summed E-state index contributed by atoms with van der Waals surface area (Å²) in [7, 11) is 0. The van der Waals surface area contributed by atoms with Gasteiger partial charge in [0.1, 0.15) is 0 Å². The molecule has 2 aliphatic heterocycles. The summed E-state index contributed by atoms with van der Waals surface area (Å²) in [5, 5.41) is 2.72. The van der Waals surface area contributed by atoms with Gasteiger partial charge >= 0.3 is 23.6 Å². The Morgan fingerprint density at radius 3 is 2.10 bits per heavy atom. The molecule has 2 aromatic carbocycles. The van der Waals surface area contributed by atoms with Crippen LogP contribution in [0.15, 0.2) is 60.7 Å². The zero-order chi connectivity index (χ0) is 27.8. The molecule has 39 heavy (non-hydrogen) atoms. The minimum absolute atomic E-state index is 0.0185. The standard InChI is InChI=1S/C31H40N4O4/c1-23(2)19-27-22-33(30(38)31(39)35(27)21-25-13-7-4-8-14-25)17-10-9-15-26-20-32-28(36)29(37)34(26)18-16-24-11-5-3-6-12-24/h3-8,11-14,23,26-27H,9-10,15-22H2,1-2H3,(H,32,36)/t26-,27+/m1/s1. The van der Waals surface area contributed by atoms with Crippen LogP contribution in [-0.4, -0.2) is 76.6 Å². The Hall–Kier alpha value is -3.68. The van der Waals surface area contributed by atoms with Crippen LogP contribution in [0.5, 0.6) is 0 Å². The van der Waals surface area contributed by atoms with Crippen molar-refractivity contribution in [2.24, 2.45) is 5.92 Å². The minimum atomic E-state index is -0.548. The molecule has 0 unspecified atom stereocenters. The molecule has 0 saturated carbocycles. The van der Waals surface area contributed by atoms with Crippen LogP contribution in [0.25, 0.3) is 0 Å². The molecule has 8 heteroatoms. The Balaban J connectivity index is 1.31. The highest BCUT2D eigenvalue weighted by Crippen LogP contribution is 2.22. The number of hydrogen-bond donors (Lipinski definition) is 1. The Morgan fingerprint density at radius 1 is 0.769 bits per heavy atom. The van der Waals surface area contributed by atoms with Gasteiger partial charge in [0, 0.05) is 38.8 Å². The van der Waals surface area contributed by atoms with Crippen molar-refractivity contribution in [3.63, 3.8) is 0 Å². The normalized spacial score (nSPS) is 20.1. The van der Waals surface area contributed by atoms with E-state index in [0.717, 1.165) is 36.8 Å². The van der Waals surface area contributed by atoms with Gasteiger partial charge in [0.2, 0.25) is 0 Å². The van der Waals surface area contributed by atoms with Crippen molar-refractivity contribution in [3.8, 4) is 0 Å². The monoisotopic (exact) mass is 532 g/mol. The molecule has 4 amide bonds. The maximum atomic E-state index is 13.2. The van der Waals surface area contributed by atoms with Crippen molar-refractivity contribution in [1.82, 2.24) is 20.0 Å². The summed E-state index contributed by atoms with van der Waals surface area (Å²) in [4.78, 5) is 56.0. The number of benzene rings is 2. The zero-order valence-electron chi connectivity index (χ0n) is 23.1. The SMILES string of the molecule is CC(C)C[C@H]1CN(CCCC[C@@H]2CNC(=O)C(=O)N2CCc2ccccc2)C(=O)C(=O)N1Cc1ccccc1. The quantitative estimate of drug-likeness (QED) is 0.336. The molecule has 0 aromatic heterocycles. The molecule has 2 heterocycles. The van der Waals surface area contributed by atoms with Gasteiger partial charge in [0.05, 0.1) is 6.04 Å². The molecule has 0 radical (unpaired) electrons. The summed E-state index contributed by atoms with van der Waals surface area (Å²) in [6.45, 7) is 6.70. The van der Waals surface area contributed by atoms with Crippen molar-refractivity contribution >= 4 is 23.6 Å². The number of rotatable bonds is 12. The summed E-state index contributed by atoms with van der Waals surface area (Å²) < 4.78 is 0. The third kappa shape index (κ3) is 7.46. The first-order valence-electron chi connectivity index (χ1n) is 14.1. The fraction of sp³-hybridized carbons (Fsp3) is 0.484. The molecule has 2 atom stereocenters. The van der Waals surface area contributed by atoms with Crippen LogP contribution in [0, 0.1) is 5.92 Å². The number of carbonyl (C=O) groups is 4. The topological polar surface area (TPSA) is 90.0 Å². The summed E-state index contributed by atoms with van der Waals surface area (Å²) in [6, 6.07) is 19.7. The van der Waals surface area contributed by atoms with E-state index in [-0.39, 0.29) is 12.1 Å². The number of nitrogens with zero attached hydrogens (tertiary/aromatic N) is 3. The van der Waals surface area contributed by atoms with Crippen molar-refractivity contribution in [3.05, 3.63) is 71.8 Å². The first kappa shape index (κ1) is 28.3. The second-order valence-electron chi connectivity index (χ2n) is 11.0. The van der Waals surface area contributed by atoms with Crippen LogP contribution in [-0.2, 0) is 32.1 Å². The molecule has 2 aromatic rings. The van der Waals surface area contributed by atoms with Gasteiger partial charge in [-0.3, -0.25) is 19.2 Å². The van der Waals surface area contributed by atoms with E-state index >= 15 is 0 Å². The fourth-order valence-corrected chi connectivity index (χ4v) is 5.59. The van der Waals surface area contributed by atoms with E-state index in [9.17, 15) is 19.2 Å². The molecule has 0 spiro atoms. The van der Waals surface area contributed by atoms with Gasteiger partial charge in [-0.1, -0.05) is 74.5 Å². The molecule has 1 N–H and O–H groups in total. The number of piperazine rings is 2. The lowest BCUT2D eigenvalue weighted by molar-refractivity contribution is -0.160. The first-order valence-corrected chi connectivity index (χ1v) is 14.1. The van der Waals surface area contributed by atoms with Gasteiger partial charge < -0.3 is 20.0 Å². The number of unbranched alkanes of at least 4 members (excludes halogenated alkanes) is 1. The average molecular weight is 533 g/mol. The van der Waals surface area contributed by atoms with Crippen LogP contribution in [0.1, 0.15) is 50.7 Å². The Bertz CT molecular complexity index is 1140. The lowest BCUT2D eigenvalue weighted by atomic mass is 9.98. The number of carbonyl (C=O) groups excluding carboxylic acids is 4. The Labute approximate surface area is 231 Å². The van der Waals surface area contributed by atoms with Crippen molar-refractivity contribution in [1.29, 1.82) is 0 Å². The number of amides is 4. The highest BCUT2D eigenvalue weighted by molar-refractivity contribution is 6.36. The smallest absolute Gasteiger partial charge is 0.312 e. The molecule has 208 valence electrons. The van der Waals surface area contributed by atoms with E-state index in [4.69, 9.17) is 0 Å². The van der Waals surface area contributed by atoms with Gasteiger partial charge in [0.25, 0.3) is 0 Å². The zero-order valence-corrected chi connectivity index (χ0v) is 23.1. The van der Waals surface area contributed by atoms with Crippen molar-refractivity contribution in [2.75, 3.05) is 26.2 Å². The van der Waals surface area contributed by atoms with Gasteiger partial charge in [-0.2, -0.15) is 0 Å². The van der Waals surface area contributed by atoms with E-state index in [2.05, 4.69) is 19.2 Å². The highest BCUT2D eigenvalue weighted by Gasteiger charge is 2.39. The lowest BCUT2D eigenvalue weighted by Crippen LogP contribution is -2.59. The van der Waals surface area contributed by atoms with E-state index in [1.807, 2.05) is 60.7 Å². The van der Waals surface area contributed by atoms with Crippen molar-refractivity contribution < 1.29 is 19.2 Å². The predicted molar refractivity (Wildman–Crippen MR) is 149 cm³/mol.